The molecule has 2 N–H and O–H groups in total. The van der Waals surface area contributed by atoms with Crippen molar-refractivity contribution in [3.8, 4) is 11.3 Å². The van der Waals surface area contributed by atoms with Crippen molar-refractivity contribution in [1.29, 1.82) is 0 Å². The van der Waals surface area contributed by atoms with Crippen molar-refractivity contribution < 1.29 is 0 Å². The summed E-state index contributed by atoms with van der Waals surface area (Å²) in [5.74, 6) is 0. The molecule has 0 aliphatic rings. The van der Waals surface area contributed by atoms with Crippen LogP contribution in [0.25, 0.3) is 11.3 Å². The van der Waals surface area contributed by atoms with Gasteiger partial charge < -0.3 is 5.73 Å². The fourth-order valence-corrected chi connectivity index (χ4v) is 2.78. The molecule has 1 aromatic heterocycles. The molecule has 2 rings (SSSR count). The number of hydrogen-bond acceptors (Lipinski definition) is 2. The largest absolute Gasteiger partial charge is 0.330 e. The first-order chi connectivity index (χ1) is 8.54. The van der Waals surface area contributed by atoms with Crippen LogP contribution in [0.1, 0.15) is 16.8 Å². The zero-order valence-corrected chi connectivity index (χ0v) is 12.6. The smallest absolute Gasteiger partial charge is 0.107 e. The van der Waals surface area contributed by atoms with Crippen molar-refractivity contribution in [2.45, 2.75) is 20.3 Å². The molecule has 0 aliphatic heterocycles. The fourth-order valence-electron chi connectivity index (χ4n) is 2.01. The lowest BCUT2D eigenvalue weighted by molar-refractivity contribution is 0.707. The van der Waals surface area contributed by atoms with Crippen molar-refractivity contribution >= 4 is 15.9 Å². The predicted molar refractivity (Wildman–Crippen MR) is 78.6 cm³/mol. The lowest BCUT2D eigenvalue weighted by atomic mass is 10.0. The summed E-state index contributed by atoms with van der Waals surface area (Å²) in [5.41, 5.74) is 11.5. The number of hydrogen-bond donors (Lipinski definition) is 1. The molecule has 0 fully saturated rings. The maximum absolute atomic E-state index is 5.63. The Morgan fingerprint density at radius 3 is 2.61 bits per heavy atom. The molecule has 0 saturated carbocycles. The first-order valence-electron chi connectivity index (χ1n) is 6.03. The lowest BCUT2D eigenvalue weighted by Gasteiger charge is -2.03. The molecule has 0 bridgehead atoms. The molecular weight excluding hydrogens is 290 g/mol. The molecule has 2 aromatic rings. The van der Waals surface area contributed by atoms with Crippen molar-refractivity contribution in [2.75, 3.05) is 6.54 Å². The Balaban J connectivity index is 2.50. The van der Waals surface area contributed by atoms with Crippen LogP contribution < -0.4 is 5.73 Å². The van der Waals surface area contributed by atoms with Gasteiger partial charge in [-0.1, -0.05) is 12.1 Å². The fraction of sp³-hybridized carbons (Fsp3) is 0.357. The zero-order valence-electron chi connectivity index (χ0n) is 11.0. The second kappa shape index (κ2) is 5.24. The third-order valence-corrected chi connectivity index (χ3v) is 4.10. The Labute approximate surface area is 116 Å². The van der Waals surface area contributed by atoms with Gasteiger partial charge in [0.15, 0.2) is 0 Å². The molecule has 0 atom stereocenters. The molecular formula is C14H18BrN3. The van der Waals surface area contributed by atoms with Crippen LogP contribution in [0.3, 0.4) is 0 Å². The van der Waals surface area contributed by atoms with E-state index in [4.69, 9.17) is 5.73 Å². The first-order valence-corrected chi connectivity index (χ1v) is 6.83. The van der Waals surface area contributed by atoms with Gasteiger partial charge in [0.2, 0.25) is 0 Å². The van der Waals surface area contributed by atoms with Crippen LogP contribution >= 0.6 is 15.9 Å². The topological polar surface area (TPSA) is 43.8 Å². The Kier molecular flexibility index (Phi) is 3.88. The maximum atomic E-state index is 5.63. The van der Waals surface area contributed by atoms with Gasteiger partial charge in [-0.2, -0.15) is 5.10 Å². The molecule has 0 saturated heterocycles. The van der Waals surface area contributed by atoms with Gasteiger partial charge in [-0.3, -0.25) is 4.68 Å². The molecule has 96 valence electrons. The van der Waals surface area contributed by atoms with Gasteiger partial charge in [0.1, 0.15) is 5.69 Å². The third-order valence-electron chi connectivity index (χ3n) is 3.26. The SMILES string of the molecule is Cc1ccc(-c2nn(C)c(CCN)c2Br)cc1C. The van der Waals surface area contributed by atoms with Gasteiger partial charge in [-0.05, 0) is 53.5 Å². The molecule has 1 aromatic carbocycles. The lowest BCUT2D eigenvalue weighted by Crippen LogP contribution is -2.07. The monoisotopic (exact) mass is 307 g/mol. The number of aryl methyl sites for hydroxylation is 3. The standard InChI is InChI=1S/C14H18BrN3/c1-9-4-5-11(8-10(9)2)14-13(15)12(6-7-16)18(3)17-14/h4-5,8H,6-7,16H2,1-3H3. The molecule has 0 amide bonds. The van der Waals surface area contributed by atoms with Crippen molar-refractivity contribution in [3.63, 3.8) is 0 Å². The summed E-state index contributed by atoms with van der Waals surface area (Å²) in [6.07, 6.45) is 0.828. The average Bonchev–Trinajstić information content (AvgIpc) is 2.61. The van der Waals surface area contributed by atoms with Gasteiger partial charge >= 0.3 is 0 Å². The van der Waals surface area contributed by atoms with Gasteiger partial charge in [-0.25, -0.2) is 0 Å². The number of halogens is 1. The van der Waals surface area contributed by atoms with E-state index in [9.17, 15) is 0 Å². The van der Waals surface area contributed by atoms with Gasteiger partial charge in [0.25, 0.3) is 0 Å². The van der Waals surface area contributed by atoms with E-state index in [0.29, 0.717) is 6.54 Å². The highest BCUT2D eigenvalue weighted by Crippen LogP contribution is 2.31. The Bertz CT molecular complexity index is 573. The van der Waals surface area contributed by atoms with E-state index in [1.165, 1.54) is 11.1 Å². The minimum Gasteiger partial charge on any atom is -0.330 e. The molecule has 4 heteroatoms. The normalized spacial score (nSPS) is 10.9. The van der Waals surface area contributed by atoms with E-state index in [1.54, 1.807) is 0 Å². The van der Waals surface area contributed by atoms with Crippen LogP contribution in [0, 0.1) is 13.8 Å². The molecule has 0 spiro atoms. The highest BCUT2D eigenvalue weighted by Gasteiger charge is 2.14. The van der Waals surface area contributed by atoms with Crippen LogP contribution in [-0.2, 0) is 13.5 Å². The van der Waals surface area contributed by atoms with Crippen LogP contribution in [0.2, 0.25) is 0 Å². The second-order valence-corrected chi connectivity index (χ2v) is 5.36. The maximum Gasteiger partial charge on any atom is 0.107 e. The number of nitrogens with zero attached hydrogens (tertiary/aromatic N) is 2. The highest BCUT2D eigenvalue weighted by atomic mass is 79.9. The van der Waals surface area contributed by atoms with Gasteiger partial charge in [0, 0.05) is 19.0 Å². The molecule has 0 unspecified atom stereocenters. The van der Waals surface area contributed by atoms with Crippen LogP contribution in [0.15, 0.2) is 22.7 Å². The number of aromatic nitrogens is 2. The average molecular weight is 308 g/mol. The second-order valence-electron chi connectivity index (χ2n) is 4.57. The van der Waals surface area contributed by atoms with E-state index >= 15 is 0 Å². The summed E-state index contributed by atoms with van der Waals surface area (Å²) in [4.78, 5) is 0. The van der Waals surface area contributed by atoms with Crippen molar-refractivity contribution in [1.82, 2.24) is 9.78 Å². The molecule has 0 aliphatic carbocycles. The van der Waals surface area contributed by atoms with E-state index in [0.717, 1.165) is 27.8 Å². The van der Waals surface area contributed by atoms with Gasteiger partial charge in [-0.15, -0.1) is 0 Å². The summed E-state index contributed by atoms with van der Waals surface area (Å²) in [6.45, 7) is 4.87. The summed E-state index contributed by atoms with van der Waals surface area (Å²) in [6, 6.07) is 6.42. The van der Waals surface area contributed by atoms with E-state index in [2.05, 4.69) is 53.1 Å². The first kappa shape index (κ1) is 13.3. The molecule has 0 radical (unpaired) electrons. The zero-order chi connectivity index (χ0) is 13.3. The number of benzene rings is 1. The third kappa shape index (κ3) is 2.35. The summed E-state index contributed by atoms with van der Waals surface area (Å²) >= 11 is 3.64. The Hall–Kier alpha value is -1.13. The van der Waals surface area contributed by atoms with Crippen LogP contribution in [0.4, 0.5) is 0 Å². The van der Waals surface area contributed by atoms with E-state index in [1.807, 2.05) is 11.7 Å². The Morgan fingerprint density at radius 2 is 2.00 bits per heavy atom. The van der Waals surface area contributed by atoms with Crippen LogP contribution in [0.5, 0.6) is 0 Å². The van der Waals surface area contributed by atoms with Crippen molar-refractivity contribution in [2.24, 2.45) is 12.8 Å². The summed E-state index contributed by atoms with van der Waals surface area (Å²) in [5, 5.41) is 4.58. The molecule has 1 heterocycles. The van der Waals surface area contributed by atoms with Gasteiger partial charge in [0.05, 0.1) is 10.2 Å². The molecule has 3 nitrogen and oxygen atoms in total. The van der Waals surface area contributed by atoms with Crippen LogP contribution in [-0.4, -0.2) is 16.3 Å². The van der Waals surface area contributed by atoms with E-state index < -0.39 is 0 Å². The molecule has 18 heavy (non-hydrogen) atoms. The minimum absolute atomic E-state index is 0.629. The Morgan fingerprint density at radius 1 is 1.28 bits per heavy atom. The summed E-state index contributed by atoms with van der Waals surface area (Å²) < 4.78 is 2.96. The summed E-state index contributed by atoms with van der Waals surface area (Å²) in [7, 11) is 1.96. The number of rotatable bonds is 3. The quantitative estimate of drug-likeness (QED) is 0.947. The minimum atomic E-state index is 0.629. The number of nitrogens with two attached hydrogens (primary N) is 1. The highest BCUT2D eigenvalue weighted by molar-refractivity contribution is 9.10. The predicted octanol–water partition coefficient (Wildman–Crippen LogP) is 2.97. The van der Waals surface area contributed by atoms with E-state index in [-0.39, 0.29) is 0 Å². The van der Waals surface area contributed by atoms with Crippen molar-refractivity contribution in [3.05, 3.63) is 39.5 Å².